The van der Waals surface area contributed by atoms with Crippen LogP contribution >= 0.6 is 11.6 Å². The van der Waals surface area contributed by atoms with Gasteiger partial charge in [-0.05, 0) is 13.0 Å². The first-order chi connectivity index (χ1) is 8.34. The van der Waals surface area contributed by atoms with Gasteiger partial charge in [0.2, 0.25) is 5.75 Å². The summed E-state index contributed by atoms with van der Waals surface area (Å²) >= 11 is 5.79. The number of phenolic OH excluding ortho intramolecular Hbond substituents is 1. The Bertz CT molecular complexity index is 544. The average Bonchev–Trinajstić information content (AvgIpc) is 2.24. The lowest BCUT2D eigenvalue weighted by Gasteiger charge is -2.05. The molecule has 9 heteroatoms. The van der Waals surface area contributed by atoms with E-state index in [0.717, 1.165) is 6.21 Å². The number of hydrazone groups is 1. The van der Waals surface area contributed by atoms with Crippen LogP contribution in [0.4, 0.5) is 10.5 Å². The molecule has 0 aromatic heterocycles. The molecule has 0 aliphatic rings. The van der Waals surface area contributed by atoms with Crippen molar-refractivity contribution in [1.29, 1.82) is 0 Å². The number of nitro groups is 1. The highest BCUT2D eigenvalue weighted by molar-refractivity contribution is 6.32. The number of carbonyl (C=O) groups is 1. The molecule has 0 aliphatic heterocycles. The topological polar surface area (TPSA) is 131 Å². The summed E-state index contributed by atoms with van der Waals surface area (Å²) in [6.07, 6.45) is 0.998. The fourth-order valence-electron chi connectivity index (χ4n) is 1.23. The number of nitrogens with zero attached hydrogens (tertiary/aromatic N) is 2. The Morgan fingerprint density at radius 3 is 2.83 bits per heavy atom. The molecule has 0 fully saturated rings. The molecule has 1 rings (SSSR count). The number of amides is 2. The monoisotopic (exact) mass is 272 g/mol. The molecule has 0 saturated heterocycles. The number of rotatable bonds is 3. The second-order valence-corrected chi connectivity index (χ2v) is 3.67. The predicted molar refractivity (Wildman–Crippen MR) is 64.8 cm³/mol. The van der Waals surface area contributed by atoms with Crippen LogP contribution in [0.1, 0.15) is 11.1 Å². The van der Waals surface area contributed by atoms with Gasteiger partial charge in [0.1, 0.15) is 0 Å². The molecule has 1 aromatic carbocycles. The van der Waals surface area contributed by atoms with Crippen molar-refractivity contribution in [2.75, 3.05) is 0 Å². The summed E-state index contributed by atoms with van der Waals surface area (Å²) in [5.41, 5.74) is 6.27. The maximum absolute atomic E-state index is 10.8. The molecule has 4 N–H and O–H groups in total. The van der Waals surface area contributed by atoms with Gasteiger partial charge in [-0.3, -0.25) is 10.1 Å². The Balaban J connectivity index is 3.26. The van der Waals surface area contributed by atoms with Crippen molar-refractivity contribution in [2.45, 2.75) is 6.92 Å². The van der Waals surface area contributed by atoms with E-state index in [0.29, 0.717) is 0 Å². The Morgan fingerprint density at radius 2 is 2.33 bits per heavy atom. The third kappa shape index (κ3) is 2.86. The number of urea groups is 1. The van der Waals surface area contributed by atoms with E-state index in [1.165, 1.54) is 13.0 Å². The van der Waals surface area contributed by atoms with Gasteiger partial charge in [0.25, 0.3) is 0 Å². The van der Waals surface area contributed by atoms with Crippen molar-refractivity contribution in [2.24, 2.45) is 10.8 Å². The first kappa shape index (κ1) is 13.7. The van der Waals surface area contributed by atoms with Crippen LogP contribution in [0.2, 0.25) is 5.02 Å². The molecule has 0 atom stereocenters. The lowest BCUT2D eigenvalue weighted by atomic mass is 10.1. The number of halogens is 1. The summed E-state index contributed by atoms with van der Waals surface area (Å²) in [5, 5.41) is 24.0. The smallest absolute Gasteiger partial charge is 0.332 e. The molecule has 0 radical (unpaired) electrons. The number of hydrogen-bond acceptors (Lipinski definition) is 5. The molecule has 0 bridgehead atoms. The van der Waals surface area contributed by atoms with E-state index < -0.39 is 22.4 Å². The number of carbonyl (C=O) groups excluding carboxylic acids is 1. The highest BCUT2D eigenvalue weighted by atomic mass is 35.5. The molecular formula is C9H9ClN4O4. The zero-order chi connectivity index (χ0) is 13.9. The fraction of sp³-hybridized carbons (Fsp3) is 0.111. The van der Waals surface area contributed by atoms with Crippen molar-refractivity contribution >= 4 is 29.5 Å². The van der Waals surface area contributed by atoms with E-state index in [-0.39, 0.29) is 16.1 Å². The van der Waals surface area contributed by atoms with Crippen LogP contribution in [0.5, 0.6) is 5.75 Å². The molecule has 96 valence electrons. The number of phenols is 1. The Kier molecular flexibility index (Phi) is 4.05. The SMILES string of the molecule is Cc1c(Cl)cc(C=NNC(N)=O)c(O)c1[N+](=O)[O-]. The van der Waals surface area contributed by atoms with Crippen LogP contribution < -0.4 is 11.2 Å². The van der Waals surface area contributed by atoms with Gasteiger partial charge in [-0.15, -0.1) is 0 Å². The highest BCUT2D eigenvalue weighted by Gasteiger charge is 2.22. The molecule has 0 spiro atoms. The molecule has 0 unspecified atom stereocenters. The standard InChI is InChI=1S/C9H9ClN4O4/c1-4-6(10)2-5(3-12-13-9(11)16)8(15)7(4)14(17)18/h2-3,15H,1H3,(H3,11,13,16). The van der Waals surface area contributed by atoms with Crippen LogP contribution in [-0.2, 0) is 0 Å². The summed E-state index contributed by atoms with van der Waals surface area (Å²) in [5.74, 6) is -0.586. The van der Waals surface area contributed by atoms with Crippen LogP contribution in [-0.4, -0.2) is 22.3 Å². The first-order valence-electron chi connectivity index (χ1n) is 4.59. The van der Waals surface area contributed by atoms with Crippen molar-refractivity contribution in [3.63, 3.8) is 0 Å². The maximum Gasteiger partial charge on any atom is 0.332 e. The van der Waals surface area contributed by atoms with E-state index in [9.17, 15) is 20.0 Å². The van der Waals surface area contributed by atoms with Crippen LogP contribution in [0.25, 0.3) is 0 Å². The number of nitrogens with one attached hydrogen (secondary N) is 1. The first-order valence-corrected chi connectivity index (χ1v) is 4.97. The molecule has 18 heavy (non-hydrogen) atoms. The normalized spacial score (nSPS) is 10.6. The highest BCUT2D eigenvalue weighted by Crippen LogP contribution is 2.36. The zero-order valence-corrected chi connectivity index (χ0v) is 9.93. The van der Waals surface area contributed by atoms with Crippen molar-refractivity contribution in [3.8, 4) is 5.75 Å². The molecule has 1 aromatic rings. The zero-order valence-electron chi connectivity index (χ0n) is 9.18. The third-order valence-corrected chi connectivity index (χ3v) is 2.45. The van der Waals surface area contributed by atoms with Gasteiger partial charge in [-0.1, -0.05) is 11.6 Å². The number of hydrogen-bond donors (Lipinski definition) is 3. The second-order valence-electron chi connectivity index (χ2n) is 3.26. The summed E-state index contributed by atoms with van der Waals surface area (Å²) in [7, 11) is 0. The summed E-state index contributed by atoms with van der Waals surface area (Å²) in [4.78, 5) is 20.4. The number of primary amides is 1. The fourth-order valence-corrected chi connectivity index (χ4v) is 1.43. The number of nitro benzene ring substituents is 1. The minimum Gasteiger partial charge on any atom is -0.502 e. The summed E-state index contributed by atoms with van der Waals surface area (Å²) in [6.45, 7) is 1.41. The van der Waals surface area contributed by atoms with Crippen LogP contribution in [0.15, 0.2) is 11.2 Å². The van der Waals surface area contributed by atoms with Crippen molar-refractivity contribution < 1.29 is 14.8 Å². The Hall–Kier alpha value is -2.35. The molecule has 2 amide bonds. The van der Waals surface area contributed by atoms with Gasteiger partial charge in [0.05, 0.1) is 16.2 Å². The minimum atomic E-state index is -0.904. The summed E-state index contributed by atoms with van der Waals surface area (Å²) in [6, 6.07) is 0.379. The van der Waals surface area contributed by atoms with Gasteiger partial charge in [-0.25, -0.2) is 10.2 Å². The number of aromatic hydroxyl groups is 1. The minimum absolute atomic E-state index is 0.00829. The number of nitrogens with two attached hydrogens (primary N) is 1. The van der Waals surface area contributed by atoms with Gasteiger partial charge in [-0.2, -0.15) is 5.10 Å². The Morgan fingerprint density at radius 1 is 1.72 bits per heavy atom. The van der Waals surface area contributed by atoms with Gasteiger partial charge >= 0.3 is 11.7 Å². The largest absolute Gasteiger partial charge is 0.502 e. The van der Waals surface area contributed by atoms with Gasteiger partial charge < -0.3 is 10.8 Å². The third-order valence-electron chi connectivity index (χ3n) is 2.05. The molecule has 0 aliphatic carbocycles. The summed E-state index contributed by atoms with van der Waals surface area (Å²) < 4.78 is 0. The van der Waals surface area contributed by atoms with Gasteiger partial charge in [0.15, 0.2) is 0 Å². The number of benzene rings is 1. The van der Waals surface area contributed by atoms with Crippen LogP contribution in [0, 0.1) is 17.0 Å². The average molecular weight is 273 g/mol. The maximum atomic E-state index is 10.8. The van der Waals surface area contributed by atoms with E-state index in [2.05, 4.69) is 5.10 Å². The quantitative estimate of drug-likeness (QED) is 0.434. The van der Waals surface area contributed by atoms with E-state index in [1.807, 2.05) is 5.43 Å². The molecule has 0 heterocycles. The Labute approximate surface area is 106 Å². The van der Waals surface area contributed by atoms with E-state index >= 15 is 0 Å². The molecule has 0 saturated carbocycles. The lowest BCUT2D eigenvalue weighted by molar-refractivity contribution is -0.386. The molecular weight excluding hydrogens is 264 g/mol. The van der Waals surface area contributed by atoms with Crippen molar-refractivity contribution in [3.05, 3.63) is 32.3 Å². The lowest BCUT2D eigenvalue weighted by Crippen LogP contribution is -2.24. The van der Waals surface area contributed by atoms with Gasteiger partial charge in [0, 0.05) is 11.1 Å². The van der Waals surface area contributed by atoms with E-state index in [1.54, 1.807) is 0 Å². The second kappa shape index (κ2) is 5.32. The predicted octanol–water partition coefficient (Wildman–Crippen LogP) is 1.26. The molecule has 8 nitrogen and oxygen atoms in total. The van der Waals surface area contributed by atoms with E-state index in [4.69, 9.17) is 17.3 Å². The van der Waals surface area contributed by atoms with Crippen LogP contribution in [0.3, 0.4) is 0 Å². The van der Waals surface area contributed by atoms with Crippen molar-refractivity contribution in [1.82, 2.24) is 5.43 Å².